The smallest absolute Gasteiger partial charge is 0.290 e. The summed E-state index contributed by atoms with van der Waals surface area (Å²) in [5.41, 5.74) is 1.41. The summed E-state index contributed by atoms with van der Waals surface area (Å²) in [5.74, 6) is 0.789. The molecule has 2 aliphatic rings. The Hall–Kier alpha value is -2.80. The van der Waals surface area contributed by atoms with Crippen molar-refractivity contribution in [1.29, 1.82) is 0 Å². The Morgan fingerprint density at radius 1 is 1.11 bits per heavy atom. The van der Waals surface area contributed by atoms with Crippen molar-refractivity contribution in [3.8, 4) is 5.75 Å². The van der Waals surface area contributed by atoms with Gasteiger partial charge in [0.2, 0.25) is 0 Å². The van der Waals surface area contributed by atoms with Gasteiger partial charge in [0.25, 0.3) is 11.8 Å². The second kappa shape index (κ2) is 7.44. The summed E-state index contributed by atoms with van der Waals surface area (Å²) in [4.78, 5) is 29.1. The zero-order valence-electron chi connectivity index (χ0n) is 15.2. The maximum Gasteiger partial charge on any atom is 0.290 e. The molecule has 0 radical (unpaired) electrons. The lowest BCUT2D eigenvalue weighted by atomic mass is 10.1. The number of hydrogen-bond acceptors (Lipinski definition) is 5. The minimum atomic E-state index is -0.186. The van der Waals surface area contributed by atoms with E-state index in [1.807, 2.05) is 19.1 Å². The minimum Gasteiger partial charge on any atom is -0.491 e. The van der Waals surface area contributed by atoms with Crippen molar-refractivity contribution in [2.45, 2.75) is 19.5 Å². The van der Waals surface area contributed by atoms with E-state index in [0.29, 0.717) is 56.5 Å². The first-order valence-electron chi connectivity index (χ1n) is 9.10. The average molecular weight is 370 g/mol. The predicted octanol–water partition coefficient (Wildman–Crippen LogP) is 2.18. The molecule has 0 bridgehead atoms. The zero-order valence-corrected chi connectivity index (χ0v) is 15.2. The van der Waals surface area contributed by atoms with E-state index in [9.17, 15) is 9.59 Å². The topological polar surface area (TPSA) is 72.2 Å². The molecule has 4 rings (SSSR count). The van der Waals surface area contributed by atoms with Crippen LogP contribution in [0.3, 0.4) is 0 Å². The van der Waals surface area contributed by atoms with Gasteiger partial charge < -0.3 is 23.7 Å². The molecular formula is C20H22N2O5. The molecule has 1 atom stereocenters. The molecule has 0 saturated carbocycles. The standard InChI is InChI=1S/C20H22N2O5/c1-14-13-27-17-5-4-15(19(23)21-6-9-25-10-7-21)11-16(17)12-22(14)20(24)18-3-2-8-26-18/h2-5,8,11,14H,6-7,9-10,12-13H2,1H3. The van der Waals surface area contributed by atoms with Crippen LogP contribution in [0, 0.1) is 0 Å². The summed E-state index contributed by atoms with van der Waals surface area (Å²) in [6.45, 7) is 4.98. The van der Waals surface area contributed by atoms with Gasteiger partial charge >= 0.3 is 0 Å². The van der Waals surface area contributed by atoms with Crippen molar-refractivity contribution < 1.29 is 23.5 Å². The molecule has 2 amide bonds. The highest BCUT2D eigenvalue weighted by molar-refractivity contribution is 5.95. The number of benzene rings is 1. The van der Waals surface area contributed by atoms with E-state index >= 15 is 0 Å². The molecule has 0 N–H and O–H groups in total. The van der Waals surface area contributed by atoms with E-state index in [-0.39, 0.29) is 17.9 Å². The van der Waals surface area contributed by atoms with Crippen LogP contribution in [0.1, 0.15) is 33.4 Å². The van der Waals surface area contributed by atoms with E-state index in [2.05, 4.69) is 0 Å². The first-order valence-corrected chi connectivity index (χ1v) is 9.10. The molecule has 7 nitrogen and oxygen atoms in total. The molecule has 0 aliphatic carbocycles. The highest BCUT2D eigenvalue weighted by Crippen LogP contribution is 2.28. The van der Waals surface area contributed by atoms with Gasteiger partial charge in [0.1, 0.15) is 12.4 Å². The van der Waals surface area contributed by atoms with E-state index in [1.165, 1.54) is 6.26 Å². The van der Waals surface area contributed by atoms with Crippen LogP contribution in [0.4, 0.5) is 0 Å². The number of amides is 2. The number of rotatable bonds is 2. The SMILES string of the molecule is CC1COc2ccc(C(=O)N3CCOCC3)cc2CN1C(=O)c1ccco1. The van der Waals surface area contributed by atoms with Crippen LogP contribution >= 0.6 is 0 Å². The molecule has 27 heavy (non-hydrogen) atoms. The Morgan fingerprint density at radius 2 is 1.93 bits per heavy atom. The predicted molar refractivity (Wildman–Crippen MR) is 96.7 cm³/mol. The van der Waals surface area contributed by atoms with Gasteiger partial charge in [0.15, 0.2) is 5.76 Å². The summed E-state index contributed by atoms with van der Waals surface area (Å²) in [7, 11) is 0. The minimum absolute atomic E-state index is 0.0256. The van der Waals surface area contributed by atoms with Crippen molar-refractivity contribution in [3.05, 3.63) is 53.5 Å². The maximum atomic E-state index is 12.8. The molecule has 1 aromatic heterocycles. The number of fused-ring (bicyclic) bond motifs is 1. The number of carbonyl (C=O) groups is 2. The lowest BCUT2D eigenvalue weighted by Crippen LogP contribution is -2.40. The third kappa shape index (κ3) is 3.55. The number of hydrogen-bond donors (Lipinski definition) is 0. The van der Waals surface area contributed by atoms with Crippen LogP contribution in [0.2, 0.25) is 0 Å². The zero-order chi connectivity index (χ0) is 18.8. The fourth-order valence-electron chi connectivity index (χ4n) is 3.38. The lowest BCUT2D eigenvalue weighted by Gasteiger charge is -2.27. The second-order valence-electron chi connectivity index (χ2n) is 6.80. The van der Waals surface area contributed by atoms with Gasteiger partial charge in [-0.2, -0.15) is 0 Å². The van der Waals surface area contributed by atoms with Crippen molar-refractivity contribution in [2.75, 3.05) is 32.9 Å². The highest BCUT2D eigenvalue weighted by Gasteiger charge is 2.29. The Bertz CT molecular complexity index is 827. The number of carbonyl (C=O) groups excluding carboxylic acids is 2. The van der Waals surface area contributed by atoms with Crippen molar-refractivity contribution in [1.82, 2.24) is 9.80 Å². The van der Waals surface area contributed by atoms with Gasteiger partial charge in [-0.05, 0) is 37.3 Å². The van der Waals surface area contributed by atoms with E-state index in [4.69, 9.17) is 13.9 Å². The molecule has 142 valence electrons. The summed E-state index contributed by atoms with van der Waals surface area (Å²) in [5, 5.41) is 0. The van der Waals surface area contributed by atoms with Crippen LogP contribution in [-0.4, -0.2) is 60.6 Å². The molecule has 1 fully saturated rings. The Morgan fingerprint density at radius 3 is 2.67 bits per heavy atom. The van der Waals surface area contributed by atoms with Crippen molar-refractivity contribution in [3.63, 3.8) is 0 Å². The molecule has 0 spiro atoms. The van der Waals surface area contributed by atoms with Crippen LogP contribution in [-0.2, 0) is 11.3 Å². The summed E-state index contributed by atoms with van der Waals surface area (Å²) in [6, 6.07) is 8.66. The van der Waals surface area contributed by atoms with E-state index in [1.54, 1.807) is 28.0 Å². The van der Waals surface area contributed by atoms with Crippen LogP contribution in [0.5, 0.6) is 5.75 Å². The fourth-order valence-corrected chi connectivity index (χ4v) is 3.38. The molecule has 7 heteroatoms. The third-order valence-corrected chi connectivity index (χ3v) is 4.95. The van der Waals surface area contributed by atoms with Gasteiger partial charge in [0.05, 0.1) is 32.1 Å². The summed E-state index contributed by atoms with van der Waals surface area (Å²) in [6.07, 6.45) is 1.49. The molecule has 1 saturated heterocycles. The molecule has 1 unspecified atom stereocenters. The van der Waals surface area contributed by atoms with Crippen molar-refractivity contribution in [2.24, 2.45) is 0 Å². The lowest BCUT2D eigenvalue weighted by molar-refractivity contribution is 0.0303. The third-order valence-electron chi connectivity index (χ3n) is 4.95. The molecule has 2 aromatic rings. The first-order chi connectivity index (χ1) is 13.1. The average Bonchev–Trinajstić information content (AvgIpc) is 3.19. The van der Waals surface area contributed by atoms with Gasteiger partial charge in [-0.25, -0.2) is 0 Å². The number of morpholine rings is 1. The van der Waals surface area contributed by atoms with E-state index in [0.717, 1.165) is 5.56 Å². The van der Waals surface area contributed by atoms with Gasteiger partial charge in [-0.15, -0.1) is 0 Å². The first kappa shape index (κ1) is 17.6. The van der Waals surface area contributed by atoms with Crippen LogP contribution < -0.4 is 4.74 Å². The number of nitrogens with zero attached hydrogens (tertiary/aromatic N) is 2. The Balaban J connectivity index is 1.59. The quantitative estimate of drug-likeness (QED) is 0.810. The van der Waals surface area contributed by atoms with Crippen LogP contribution in [0.15, 0.2) is 41.0 Å². The molecule has 2 aliphatic heterocycles. The van der Waals surface area contributed by atoms with Gasteiger partial charge in [0, 0.05) is 24.2 Å². The molecular weight excluding hydrogens is 348 g/mol. The van der Waals surface area contributed by atoms with Gasteiger partial charge in [-0.3, -0.25) is 9.59 Å². The monoisotopic (exact) mass is 370 g/mol. The van der Waals surface area contributed by atoms with Crippen molar-refractivity contribution >= 4 is 11.8 Å². The Labute approximate surface area is 157 Å². The summed E-state index contributed by atoms with van der Waals surface area (Å²) >= 11 is 0. The molecule has 1 aromatic carbocycles. The fraction of sp³-hybridized carbons (Fsp3) is 0.400. The maximum absolute atomic E-state index is 12.8. The highest BCUT2D eigenvalue weighted by atomic mass is 16.5. The summed E-state index contributed by atoms with van der Waals surface area (Å²) < 4.78 is 16.4. The van der Waals surface area contributed by atoms with Gasteiger partial charge in [-0.1, -0.05) is 0 Å². The number of furan rings is 1. The normalized spacial score (nSPS) is 19.8. The van der Waals surface area contributed by atoms with E-state index < -0.39 is 0 Å². The molecule has 3 heterocycles. The number of ether oxygens (including phenoxy) is 2. The van der Waals surface area contributed by atoms with Crippen LogP contribution in [0.25, 0.3) is 0 Å². The second-order valence-corrected chi connectivity index (χ2v) is 6.80. The Kier molecular flexibility index (Phi) is 4.85. The largest absolute Gasteiger partial charge is 0.491 e.